The van der Waals surface area contributed by atoms with Gasteiger partial charge in [-0.3, -0.25) is 4.79 Å². The first-order valence-electron chi connectivity index (χ1n) is 7.64. The van der Waals surface area contributed by atoms with Gasteiger partial charge in [-0.25, -0.2) is 0 Å². The van der Waals surface area contributed by atoms with Gasteiger partial charge in [0.2, 0.25) is 5.91 Å². The molecule has 116 valence electrons. The van der Waals surface area contributed by atoms with Crippen molar-refractivity contribution in [2.24, 2.45) is 0 Å². The van der Waals surface area contributed by atoms with Gasteiger partial charge in [-0.15, -0.1) is 17.9 Å². The van der Waals surface area contributed by atoms with Gasteiger partial charge in [-0.05, 0) is 31.2 Å². The van der Waals surface area contributed by atoms with Crippen molar-refractivity contribution in [2.45, 2.75) is 56.5 Å². The first kappa shape index (κ1) is 16.2. The largest absolute Gasteiger partial charge is 0.386 e. The molecule has 1 amide bonds. The molecule has 1 aliphatic carbocycles. The maximum atomic E-state index is 12.1. The zero-order valence-corrected chi connectivity index (χ0v) is 13.5. The summed E-state index contributed by atoms with van der Waals surface area (Å²) in [5, 5.41) is 15.0. The van der Waals surface area contributed by atoms with Crippen molar-refractivity contribution in [3.63, 3.8) is 0 Å². The molecule has 3 nitrogen and oxygen atoms in total. The SMILES string of the molecule is C=C[C@](C)(O)CC(=O)NCC1(c2cccs2)CCCCC1. The van der Waals surface area contributed by atoms with Crippen LogP contribution in [0.2, 0.25) is 0 Å². The van der Waals surface area contributed by atoms with Crippen molar-refractivity contribution in [3.8, 4) is 0 Å². The highest BCUT2D eigenvalue weighted by atomic mass is 32.1. The molecule has 2 N–H and O–H groups in total. The summed E-state index contributed by atoms with van der Waals surface area (Å²) in [7, 11) is 0. The van der Waals surface area contributed by atoms with E-state index >= 15 is 0 Å². The summed E-state index contributed by atoms with van der Waals surface area (Å²) in [6.45, 7) is 5.83. The average Bonchev–Trinajstić information content (AvgIpc) is 3.01. The third kappa shape index (κ3) is 4.17. The van der Waals surface area contributed by atoms with Gasteiger partial charge in [-0.2, -0.15) is 0 Å². The van der Waals surface area contributed by atoms with E-state index in [-0.39, 0.29) is 17.7 Å². The van der Waals surface area contributed by atoms with Gasteiger partial charge in [0.05, 0.1) is 12.0 Å². The lowest BCUT2D eigenvalue weighted by Crippen LogP contribution is -2.43. The van der Waals surface area contributed by atoms with Crippen LogP contribution in [0.1, 0.15) is 50.3 Å². The predicted octanol–water partition coefficient (Wildman–Crippen LogP) is 3.39. The Morgan fingerprint density at radius 2 is 2.24 bits per heavy atom. The quantitative estimate of drug-likeness (QED) is 0.791. The fourth-order valence-corrected chi connectivity index (χ4v) is 4.03. The molecule has 1 aliphatic rings. The van der Waals surface area contributed by atoms with Crippen LogP contribution in [0.15, 0.2) is 30.2 Å². The van der Waals surface area contributed by atoms with Crippen LogP contribution < -0.4 is 5.32 Å². The Labute approximate surface area is 131 Å². The van der Waals surface area contributed by atoms with E-state index in [1.165, 1.54) is 30.2 Å². The maximum Gasteiger partial charge on any atom is 0.223 e. The Balaban J connectivity index is 2.00. The molecule has 21 heavy (non-hydrogen) atoms. The Morgan fingerprint density at radius 3 is 2.81 bits per heavy atom. The van der Waals surface area contributed by atoms with E-state index < -0.39 is 5.60 Å². The summed E-state index contributed by atoms with van der Waals surface area (Å²) >= 11 is 1.78. The van der Waals surface area contributed by atoms with Crippen LogP contribution in [0.4, 0.5) is 0 Å². The summed E-state index contributed by atoms with van der Waals surface area (Å²) in [6.07, 6.45) is 7.47. The third-order valence-electron chi connectivity index (χ3n) is 4.44. The zero-order valence-electron chi connectivity index (χ0n) is 12.7. The fourth-order valence-electron chi connectivity index (χ4n) is 3.05. The van der Waals surface area contributed by atoms with E-state index in [4.69, 9.17) is 0 Å². The second kappa shape index (κ2) is 6.75. The van der Waals surface area contributed by atoms with Gasteiger partial charge >= 0.3 is 0 Å². The smallest absolute Gasteiger partial charge is 0.223 e. The molecule has 2 rings (SSSR count). The average molecular weight is 307 g/mol. The topological polar surface area (TPSA) is 49.3 Å². The molecule has 0 spiro atoms. The highest BCUT2D eigenvalue weighted by Crippen LogP contribution is 2.41. The van der Waals surface area contributed by atoms with Crippen molar-refractivity contribution < 1.29 is 9.90 Å². The van der Waals surface area contributed by atoms with Crippen molar-refractivity contribution >= 4 is 17.2 Å². The van der Waals surface area contributed by atoms with Crippen LogP contribution in [0, 0.1) is 0 Å². The molecule has 0 aromatic carbocycles. The summed E-state index contributed by atoms with van der Waals surface area (Å²) in [5.41, 5.74) is -1.05. The van der Waals surface area contributed by atoms with Crippen LogP contribution >= 0.6 is 11.3 Å². The second-order valence-corrected chi connectivity index (χ2v) is 7.28. The zero-order chi connectivity index (χ0) is 15.3. The predicted molar refractivity (Wildman–Crippen MR) is 87.5 cm³/mol. The van der Waals surface area contributed by atoms with Gasteiger partial charge in [0.15, 0.2) is 0 Å². The number of hydrogen-bond acceptors (Lipinski definition) is 3. The minimum Gasteiger partial charge on any atom is -0.386 e. The number of carbonyl (C=O) groups excluding carboxylic acids is 1. The highest BCUT2D eigenvalue weighted by Gasteiger charge is 2.35. The van der Waals surface area contributed by atoms with E-state index in [1.807, 2.05) is 0 Å². The number of nitrogens with one attached hydrogen (secondary N) is 1. The summed E-state index contributed by atoms with van der Waals surface area (Å²) in [6, 6.07) is 4.27. The molecular weight excluding hydrogens is 282 g/mol. The van der Waals surface area contributed by atoms with Crippen molar-refractivity contribution in [3.05, 3.63) is 35.0 Å². The van der Waals surface area contributed by atoms with Gasteiger partial charge in [0.25, 0.3) is 0 Å². The molecule has 4 heteroatoms. The first-order valence-corrected chi connectivity index (χ1v) is 8.52. The number of aliphatic hydroxyl groups is 1. The molecule has 0 radical (unpaired) electrons. The van der Waals surface area contributed by atoms with Crippen LogP contribution in [-0.4, -0.2) is 23.2 Å². The number of rotatable bonds is 6. The monoisotopic (exact) mass is 307 g/mol. The number of amides is 1. The summed E-state index contributed by atoms with van der Waals surface area (Å²) in [4.78, 5) is 13.4. The molecule has 1 aromatic heterocycles. The van der Waals surface area contributed by atoms with Gasteiger partial charge in [0, 0.05) is 16.8 Å². The second-order valence-electron chi connectivity index (χ2n) is 6.33. The number of hydrogen-bond donors (Lipinski definition) is 2. The van der Waals surface area contributed by atoms with Crippen LogP contribution in [0.3, 0.4) is 0 Å². The Kier molecular flexibility index (Phi) is 5.22. The molecular formula is C17H25NO2S. The normalized spacial score (nSPS) is 20.5. The van der Waals surface area contributed by atoms with E-state index in [2.05, 4.69) is 29.4 Å². The lowest BCUT2D eigenvalue weighted by Gasteiger charge is -2.37. The first-order chi connectivity index (χ1) is 9.97. The van der Waals surface area contributed by atoms with Gasteiger partial charge in [0.1, 0.15) is 0 Å². The van der Waals surface area contributed by atoms with Crippen LogP contribution in [0.25, 0.3) is 0 Å². The van der Waals surface area contributed by atoms with Crippen molar-refractivity contribution in [2.75, 3.05) is 6.54 Å². The van der Waals surface area contributed by atoms with Crippen molar-refractivity contribution in [1.29, 1.82) is 0 Å². The molecule has 0 unspecified atom stereocenters. The van der Waals surface area contributed by atoms with E-state index in [0.717, 1.165) is 12.8 Å². The standard InChI is InChI=1S/C17H25NO2S/c1-3-16(2,20)12-15(19)18-13-17(9-5-4-6-10-17)14-8-7-11-21-14/h3,7-8,11,20H,1,4-6,9-10,12-13H2,2H3,(H,18,19)/t16-/m0/s1. The molecule has 1 atom stereocenters. The Morgan fingerprint density at radius 1 is 1.52 bits per heavy atom. The third-order valence-corrected chi connectivity index (χ3v) is 5.55. The van der Waals surface area contributed by atoms with E-state index in [9.17, 15) is 9.90 Å². The lowest BCUT2D eigenvalue weighted by molar-refractivity contribution is -0.124. The summed E-state index contributed by atoms with van der Waals surface area (Å²) < 4.78 is 0. The highest BCUT2D eigenvalue weighted by molar-refractivity contribution is 7.10. The minimum absolute atomic E-state index is 0.0665. The molecule has 0 saturated heterocycles. The van der Waals surface area contributed by atoms with Crippen LogP contribution in [-0.2, 0) is 10.2 Å². The maximum absolute atomic E-state index is 12.1. The van der Waals surface area contributed by atoms with E-state index in [0.29, 0.717) is 6.54 Å². The number of carbonyl (C=O) groups is 1. The lowest BCUT2D eigenvalue weighted by atomic mass is 9.73. The minimum atomic E-state index is -1.13. The molecule has 0 bridgehead atoms. The van der Waals surface area contributed by atoms with E-state index in [1.54, 1.807) is 18.3 Å². The van der Waals surface area contributed by atoms with Crippen LogP contribution in [0.5, 0.6) is 0 Å². The van der Waals surface area contributed by atoms with Crippen molar-refractivity contribution in [1.82, 2.24) is 5.32 Å². The number of thiophene rings is 1. The molecule has 1 heterocycles. The molecule has 0 aliphatic heterocycles. The van der Waals surface area contributed by atoms with Gasteiger partial charge in [-0.1, -0.05) is 31.4 Å². The fraction of sp³-hybridized carbons (Fsp3) is 0.588. The molecule has 1 aromatic rings. The molecule has 1 saturated carbocycles. The molecule has 1 fully saturated rings. The Hall–Kier alpha value is -1.13. The summed E-state index contributed by atoms with van der Waals surface area (Å²) in [5.74, 6) is -0.110. The van der Waals surface area contributed by atoms with Gasteiger partial charge < -0.3 is 10.4 Å². The Bertz CT molecular complexity index is 473.